The molecule has 0 saturated heterocycles. The number of rotatable bonds is 6. The maximum absolute atomic E-state index is 12.9. The van der Waals surface area contributed by atoms with Gasteiger partial charge in [0.2, 0.25) is 0 Å². The average Bonchev–Trinajstić information content (AvgIpc) is 3.53. The number of methoxy groups -OCH3 is 1. The first-order valence-corrected chi connectivity index (χ1v) is 11.5. The average molecular weight is 457 g/mol. The second-order valence-corrected chi connectivity index (χ2v) is 8.75. The number of aromatic nitrogens is 4. The molecule has 0 atom stereocenters. The maximum Gasteiger partial charge on any atom is 0.257 e. The molecular weight excluding hydrogens is 428 g/mol. The summed E-state index contributed by atoms with van der Waals surface area (Å²) < 4.78 is 7.37. The van der Waals surface area contributed by atoms with Crippen molar-refractivity contribution in [2.24, 2.45) is 0 Å². The van der Waals surface area contributed by atoms with Gasteiger partial charge in [0.1, 0.15) is 23.6 Å². The van der Waals surface area contributed by atoms with Crippen LogP contribution in [0.4, 0.5) is 5.82 Å². The molecule has 174 valence electrons. The summed E-state index contributed by atoms with van der Waals surface area (Å²) in [5.74, 6) is 0.919. The smallest absolute Gasteiger partial charge is 0.257 e. The summed E-state index contributed by atoms with van der Waals surface area (Å²) in [4.78, 5) is 23.3. The van der Waals surface area contributed by atoms with Crippen LogP contribution in [-0.2, 0) is 6.54 Å². The van der Waals surface area contributed by atoms with E-state index in [1.165, 1.54) is 19.2 Å². The Morgan fingerprint density at radius 3 is 2.59 bits per heavy atom. The summed E-state index contributed by atoms with van der Waals surface area (Å²) in [5.41, 5.74) is 10.4. The molecule has 0 radical (unpaired) electrons. The van der Waals surface area contributed by atoms with Gasteiger partial charge in [0.15, 0.2) is 5.65 Å². The molecule has 4 aromatic rings. The van der Waals surface area contributed by atoms with Crippen LogP contribution in [0, 0.1) is 0 Å². The SMILES string of the molecule is COc1ccccc1C(=O)N(C)Cc1ccc(-c2nn(C3CCCC3)c3ncnc(N)c23)cc1. The summed E-state index contributed by atoms with van der Waals surface area (Å²) in [7, 11) is 3.36. The standard InChI is InChI=1S/C26H28N6O2/c1-31(26(33)20-9-5-6-10-21(20)34-2)15-17-11-13-18(14-12-17)23-22-24(27)28-16-29-25(22)32(30-23)19-7-3-4-8-19/h5-6,9-14,16,19H,3-4,7-8,15H2,1-2H3,(H2,27,28,29). The predicted molar refractivity (Wildman–Crippen MR) is 131 cm³/mol. The molecule has 1 amide bonds. The minimum atomic E-state index is -0.0900. The zero-order chi connectivity index (χ0) is 23.7. The number of benzene rings is 2. The van der Waals surface area contributed by atoms with E-state index in [0.717, 1.165) is 40.7 Å². The van der Waals surface area contributed by atoms with Crippen LogP contribution in [-0.4, -0.2) is 44.7 Å². The van der Waals surface area contributed by atoms with E-state index in [-0.39, 0.29) is 5.91 Å². The van der Waals surface area contributed by atoms with Crippen LogP contribution in [0.2, 0.25) is 0 Å². The quantitative estimate of drug-likeness (QED) is 0.460. The minimum absolute atomic E-state index is 0.0900. The van der Waals surface area contributed by atoms with E-state index in [0.29, 0.717) is 29.7 Å². The molecule has 0 bridgehead atoms. The molecule has 0 spiro atoms. The van der Waals surface area contributed by atoms with Crippen molar-refractivity contribution in [2.75, 3.05) is 19.9 Å². The molecule has 8 heteroatoms. The Morgan fingerprint density at radius 1 is 1.12 bits per heavy atom. The highest BCUT2D eigenvalue weighted by Crippen LogP contribution is 2.36. The van der Waals surface area contributed by atoms with Crippen LogP contribution >= 0.6 is 0 Å². The third kappa shape index (κ3) is 3.96. The van der Waals surface area contributed by atoms with E-state index < -0.39 is 0 Å². The van der Waals surface area contributed by atoms with Crippen molar-refractivity contribution < 1.29 is 9.53 Å². The van der Waals surface area contributed by atoms with Gasteiger partial charge < -0.3 is 15.4 Å². The third-order valence-electron chi connectivity index (χ3n) is 6.52. The Labute approximate surface area is 198 Å². The Morgan fingerprint density at radius 2 is 1.85 bits per heavy atom. The van der Waals surface area contributed by atoms with Gasteiger partial charge in [-0.1, -0.05) is 49.2 Å². The Bertz CT molecular complexity index is 1330. The monoisotopic (exact) mass is 456 g/mol. The molecule has 5 rings (SSSR count). The van der Waals surface area contributed by atoms with E-state index in [4.69, 9.17) is 15.6 Å². The summed E-state index contributed by atoms with van der Waals surface area (Å²) in [6.45, 7) is 0.472. The van der Waals surface area contributed by atoms with Crippen LogP contribution < -0.4 is 10.5 Å². The molecule has 1 aliphatic rings. The van der Waals surface area contributed by atoms with Crippen molar-refractivity contribution in [3.63, 3.8) is 0 Å². The zero-order valence-electron chi connectivity index (χ0n) is 19.4. The molecule has 2 heterocycles. The molecule has 0 unspecified atom stereocenters. The first-order valence-electron chi connectivity index (χ1n) is 11.5. The Hall–Kier alpha value is -3.94. The fourth-order valence-electron chi connectivity index (χ4n) is 4.74. The van der Waals surface area contributed by atoms with Crippen LogP contribution in [0.5, 0.6) is 5.75 Å². The fourth-order valence-corrected chi connectivity index (χ4v) is 4.74. The number of nitrogens with two attached hydrogens (primary N) is 1. The zero-order valence-corrected chi connectivity index (χ0v) is 19.4. The molecule has 2 aromatic carbocycles. The molecule has 2 aromatic heterocycles. The van der Waals surface area contributed by atoms with Crippen molar-refractivity contribution in [2.45, 2.75) is 38.3 Å². The lowest BCUT2D eigenvalue weighted by atomic mass is 10.1. The number of carbonyl (C=O) groups is 1. The number of ether oxygens (including phenoxy) is 1. The number of nitrogens with zero attached hydrogens (tertiary/aromatic N) is 5. The van der Waals surface area contributed by atoms with E-state index in [1.807, 2.05) is 41.1 Å². The lowest BCUT2D eigenvalue weighted by molar-refractivity contribution is 0.0781. The van der Waals surface area contributed by atoms with Gasteiger partial charge in [0.25, 0.3) is 5.91 Å². The van der Waals surface area contributed by atoms with Crippen LogP contribution in [0.3, 0.4) is 0 Å². The molecule has 34 heavy (non-hydrogen) atoms. The number of hydrogen-bond donors (Lipinski definition) is 1. The molecule has 8 nitrogen and oxygen atoms in total. The second-order valence-electron chi connectivity index (χ2n) is 8.75. The number of carbonyl (C=O) groups excluding carboxylic acids is 1. The highest BCUT2D eigenvalue weighted by atomic mass is 16.5. The molecule has 1 saturated carbocycles. The lowest BCUT2D eigenvalue weighted by Crippen LogP contribution is -2.26. The summed E-state index contributed by atoms with van der Waals surface area (Å²) >= 11 is 0. The molecule has 0 aliphatic heterocycles. The Kier molecular flexibility index (Phi) is 5.88. The number of amides is 1. The van der Waals surface area contributed by atoms with Gasteiger partial charge in [0.05, 0.1) is 24.1 Å². The van der Waals surface area contributed by atoms with Gasteiger partial charge >= 0.3 is 0 Å². The molecule has 2 N–H and O–H groups in total. The van der Waals surface area contributed by atoms with Crippen LogP contribution in [0.15, 0.2) is 54.9 Å². The normalized spacial score (nSPS) is 13.9. The van der Waals surface area contributed by atoms with Crippen molar-refractivity contribution >= 4 is 22.8 Å². The van der Waals surface area contributed by atoms with Gasteiger partial charge in [-0.2, -0.15) is 5.10 Å². The molecular formula is C26H28N6O2. The van der Waals surface area contributed by atoms with Crippen LogP contribution in [0.1, 0.15) is 47.6 Å². The summed E-state index contributed by atoms with van der Waals surface area (Å²) in [6, 6.07) is 15.7. The highest BCUT2D eigenvalue weighted by molar-refractivity contribution is 5.98. The van der Waals surface area contributed by atoms with Crippen molar-refractivity contribution in [1.82, 2.24) is 24.6 Å². The third-order valence-corrected chi connectivity index (χ3v) is 6.52. The van der Waals surface area contributed by atoms with Gasteiger partial charge in [-0.05, 0) is 30.5 Å². The van der Waals surface area contributed by atoms with Crippen molar-refractivity contribution in [3.05, 3.63) is 66.0 Å². The maximum atomic E-state index is 12.9. The van der Waals surface area contributed by atoms with Gasteiger partial charge in [-0.25, -0.2) is 14.6 Å². The lowest BCUT2D eigenvalue weighted by Gasteiger charge is -2.19. The fraction of sp³-hybridized carbons (Fsp3) is 0.308. The van der Waals surface area contributed by atoms with Crippen molar-refractivity contribution in [1.29, 1.82) is 0 Å². The van der Waals surface area contributed by atoms with Crippen LogP contribution in [0.25, 0.3) is 22.3 Å². The summed E-state index contributed by atoms with van der Waals surface area (Å²) in [5, 5.41) is 5.73. The topological polar surface area (TPSA) is 99.2 Å². The van der Waals surface area contributed by atoms with Gasteiger partial charge in [-0.3, -0.25) is 4.79 Å². The van der Waals surface area contributed by atoms with E-state index in [1.54, 1.807) is 31.2 Å². The van der Waals surface area contributed by atoms with E-state index >= 15 is 0 Å². The van der Waals surface area contributed by atoms with Gasteiger partial charge in [0, 0.05) is 19.2 Å². The number of para-hydroxylation sites is 1. The number of anilines is 1. The summed E-state index contributed by atoms with van der Waals surface area (Å²) in [6.07, 6.45) is 6.12. The largest absolute Gasteiger partial charge is 0.496 e. The second kappa shape index (κ2) is 9.13. The minimum Gasteiger partial charge on any atom is -0.496 e. The first kappa shape index (κ1) is 21.9. The van der Waals surface area contributed by atoms with Gasteiger partial charge in [-0.15, -0.1) is 0 Å². The number of nitrogen functional groups attached to an aromatic ring is 1. The van der Waals surface area contributed by atoms with E-state index in [2.05, 4.69) is 9.97 Å². The number of hydrogen-bond acceptors (Lipinski definition) is 6. The van der Waals surface area contributed by atoms with Crippen molar-refractivity contribution in [3.8, 4) is 17.0 Å². The molecule has 1 fully saturated rings. The Balaban J connectivity index is 1.41. The highest BCUT2D eigenvalue weighted by Gasteiger charge is 2.24. The predicted octanol–water partition coefficient (Wildman–Crippen LogP) is 4.47. The first-order chi connectivity index (χ1) is 16.6. The number of fused-ring (bicyclic) bond motifs is 1. The van der Waals surface area contributed by atoms with E-state index in [9.17, 15) is 4.79 Å². The molecule has 1 aliphatic carbocycles.